The highest BCUT2D eigenvalue weighted by molar-refractivity contribution is 7.98. The molecule has 3 aromatic carbocycles. The number of thioether (sulfide) groups is 1. The first-order valence-electron chi connectivity index (χ1n) is 9.17. The average molecular weight is 413 g/mol. The lowest BCUT2D eigenvalue weighted by atomic mass is 10.0. The second kappa shape index (κ2) is 7.91. The van der Waals surface area contributed by atoms with Crippen LogP contribution in [0, 0.1) is 0 Å². The first-order valence-corrected chi connectivity index (χ1v) is 10.2. The van der Waals surface area contributed by atoms with Gasteiger partial charge in [0, 0.05) is 17.9 Å². The smallest absolute Gasteiger partial charge is 0.302 e. The molecule has 0 fully saturated rings. The Hall–Kier alpha value is -2.80. The molecule has 0 atom stereocenters. The van der Waals surface area contributed by atoms with E-state index in [1.54, 1.807) is 0 Å². The van der Waals surface area contributed by atoms with Gasteiger partial charge in [0.05, 0.1) is 5.56 Å². The number of hydrogen-bond donors (Lipinski definition) is 0. The highest BCUT2D eigenvalue weighted by Gasteiger charge is 2.29. The Bertz CT molecular complexity index is 1130. The molecule has 29 heavy (non-hydrogen) atoms. The molecule has 0 aliphatic heterocycles. The third-order valence-corrected chi connectivity index (χ3v) is 5.75. The number of rotatable bonds is 5. The summed E-state index contributed by atoms with van der Waals surface area (Å²) in [5.74, 6) is 1.31. The van der Waals surface area contributed by atoms with Gasteiger partial charge in [-0.15, -0.1) is 10.2 Å². The van der Waals surface area contributed by atoms with Crippen LogP contribution in [-0.4, -0.2) is 14.8 Å². The Morgan fingerprint density at radius 3 is 2.34 bits per heavy atom. The predicted molar refractivity (Wildman–Crippen MR) is 110 cm³/mol. The second-order valence-corrected chi connectivity index (χ2v) is 7.50. The first kappa shape index (κ1) is 19.5. The van der Waals surface area contributed by atoms with Crippen molar-refractivity contribution >= 4 is 22.5 Å². The van der Waals surface area contributed by atoms with E-state index in [4.69, 9.17) is 0 Å². The third-order valence-electron chi connectivity index (χ3n) is 4.71. The summed E-state index contributed by atoms with van der Waals surface area (Å²) in [4.78, 5) is 0. The number of alkyl halides is 3. The van der Waals surface area contributed by atoms with E-state index in [1.165, 1.54) is 23.9 Å². The number of nitrogens with zero attached hydrogens (tertiary/aromatic N) is 3. The summed E-state index contributed by atoms with van der Waals surface area (Å²) in [6, 6.07) is 19.5. The SMILES string of the molecule is CCn1c(SCc2ccc(C(F)(F)F)cc2)nnc1-c1cccc2ccccc12. The minimum absolute atomic E-state index is 0.520. The predicted octanol–water partition coefficient (Wildman–Crippen LogP) is 6.43. The zero-order chi connectivity index (χ0) is 20.4. The minimum Gasteiger partial charge on any atom is -0.302 e. The summed E-state index contributed by atoms with van der Waals surface area (Å²) in [6.07, 6.45) is -4.32. The lowest BCUT2D eigenvalue weighted by Crippen LogP contribution is -2.04. The van der Waals surface area contributed by atoms with Crippen LogP contribution in [0.15, 0.2) is 71.9 Å². The van der Waals surface area contributed by atoms with Crippen LogP contribution >= 0.6 is 11.8 Å². The van der Waals surface area contributed by atoms with Crippen molar-refractivity contribution in [3.8, 4) is 11.4 Å². The van der Waals surface area contributed by atoms with Crippen LogP contribution in [-0.2, 0) is 18.5 Å². The number of halogens is 3. The number of hydrogen-bond acceptors (Lipinski definition) is 3. The maximum Gasteiger partial charge on any atom is 0.416 e. The lowest BCUT2D eigenvalue weighted by Gasteiger charge is -2.10. The summed E-state index contributed by atoms with van der Waals surface area (Å²) in [7, 11) is 0. The fourth-order valence-electron chi connectivity index (χ4n) is 3.24. The Labute approximate surface area is 170 Å². The van der Waals surface area contributed by atoms with Crippen LogP contribution in [0.4, 0.5) is 13.2 Å². The summed E-state index contributed by atoms with van der Waals surface area (Å²) < 4.78 is 40.2. The van der Waals surface area contributed by atoms with Crippen molar-refractivity contribution in [3.63, 3.8) is 0 Å². The van der Waals surface area contributed by atoms with E-state index >= 15 is 0 Å². The molecule has 3 nitrogen and oxygen atoms in total. The van der Waals surface area contributed by atoms with Crippen molar-refractivity contribution in [2.24, 2.45) is 0 Å². The van der Waals surface area contributed by atoms with E-state index in [0.29, 0.717) is 12.3 Å². The maximum atomic E-state index is 12.7. The molecule has 0 saturated heterocycles. The van der Waals surface area contributed by atoms with E-state index in [9.17, 15) is 13.2 Å². The number of benzene rings is 3. The molecule has 0 amide bonds. The van der Waals surface area contributed by atoms with Crippen molar-refractivity contribution in [2.45, 2.75) is 30.6 Å². The maximum absolute atomic E-state index is 12.7. The molecule has 148 valence electrons. The molecule has 0 unspecified atom stereocenters. The molecule has 7 heteroatoms. The van der Waals surface area contributed by atoms with Crippen molar-refractivity contribution in [2.75, 3.05) is 0 Å². The molecule has 1 aromatic heterocycles. The van der Waals surface area contributed by atoms with Gasteiger partial charge in [-0.05, 0) is 35.4 Å². The Kier molecular flexibility index (Phi) is 5.32. The minimum atomic E-state index is -4.32. The van der Waals surface area contributed by atoms with Gasteiger partial charge in [-0.3, -0.25) is 0 Å². The fraction of sp³-hybridized carbons (Fsp3) is 0.182. The van der Waals surface area contributed by atoms with Crippen molar-refractivity contribution in [1.82, 2.24) is 14.8 Å². The van der Waals surface area contributed by atoms with E-state index in [2.05, 4.69) is 28.4 Å². The summed E-state index contributed by atoms with van der Waals surface area (Å²) >= 11 is 1.47. The summed E-state index contributed by atoms with van der Waals surface area (Å²) in [6.45, 7) is 2.72. The topological polar surface area (TPSA) is 30.7 Å². The molecule has 4 rings (SSSR count). The fourth-order valence-corrected chi connectivity index (χ4v) is 4.20. The van der Waals surface area contributed by atoms with E-state index < -0.39 is 11.7 Å². The van der Waals surface area contributed by atoms with Crippen LogP contribution in [0.25, 0.3) is 22.2 Å². The van der Waals surface area contributed by atoms with E-state index in [-0.39, 0.29) is 0 Å². The van der Waals surface area contributed by atoms with Gasteiger partial charge in [-0.2, -0.15) is 13.2 Å². The molecular formula is C22H18F3N3S. The van der Waals surface area contributed by atoms with Gasteiger partial charge in [-0.1, -0.05) is 66.4 Å². The average Bonchev–Trinajstić information content (AvgIpc) is 3.14. The van der Waals surface area contributed by atoms with Crippen LogP contribution in [0.1, 0.15) is 18.1 Å². The van der Waals surface area contributed by atoms with Crippen molar-refractivity contribution < 1.29 is 13.2 Å². The molecule has 0 aliphatic rings. The highest BCUT2D eigenvalue weighted by Crippen LogP contribution is 2.32. The zero-order valence-electron chi connectivity index (χ0n) is 15.6. The van der Waals surface area contributed by atoms with E-state index in [0.717, 1.165) is 45.0 Å². The van der Waals surface area contributed by atoms with Crippen LogP contribution in [0.5, 0.6) is 0 Å². The molecule has 0 aliphatic carbocycles. The molecule has 0 N–H and O–H groups in total. The van der Waals surface area contributed by atoms with Crippen LogP contribution in [0.2, 0.25) is 0 Å². The Morgan fingerprint density at radius 2 is 1.62 bits per heavy atom. The Balaban J connectivity index is 1.59. The lowest BCUT2D eigenvalue weighted by molar-refractivity contribution is -0.137. The van der Waals surface area contributed by atoms with Gasteiger partial charge in [0.25, 0.3) is 0 Å². The van der Waals surface area contributed by atoms with Gasteiger partial charge < -0.3 is 4.57 Å². The van der Waals surface area contributed by atoms with Crippen LogP contribution < -0.4 is 0 Å². The molecule has 0 bridgehead atoms. The quantitative estimate of drug-likeness (QED) is 0.353. The van der Waals surface area contributed by atoms with E-state index in [1.807, 2.05) is 35.8 Å². The second-order valence-electron chi connectivity index (χ2n) is 6.56. The largest absolute Gasteiger partial charge is 0.416 e. The first-order chi connectivity index (χ1) is 14.0. The normalized spacial score (nSPS) is 11.9. The van der Waals surface area contributed by atoms with Crippen molar-refractivity contribution in [1.29, 1.82) is 0 Å². The molecule has 1 heterocycles. The molecule has 0 spiro atoms. The molecular weight excluding hydrogens is 395 g/mol. The summed E-state index contributed by atoms with van der Waals surface area (Å²) in [5, 5.41) is 11.7. The van der Waals surface area contributed by atoms with Gasteiger partial charge in [0.15, 0.2) is 11.0 Å². The number of aromatic nitrogens is 3. The summed E-state index contributed by atoms with van der Waals surface area (Å²) in [5.41, 5.74) is 1.18. The number of fused-ring (bicyclic) bond motifs is 1. The Morgan fingerprint density at radius 1 is 0.897 bits per heavy atom. The zero-order valence-corrected chi connectivity index (χ0v) is 16.5. The molecule has 0 saturated carbocycles. The monoisotopic (exact) mass is 413 g/mol. The molecule has 0 radical (unpaired) electrons. The standard InChI is InChI=1S/C22H18F3N3S/c1-2-28-20(19-9-5-7-16-6-3-4-8-18(16)19)26-27-21(28)29-14-15-10-12-17(13-11-15)22(23,24)25/h3-13H,2,14H2,1H3. The van der Waals surface area contributed by atoms with Gasteiger partial charge in [-0.25, -0.2) is 0 Å². The third kappa shape index (κ3) is 4.00. The molecule has 4 aromatic rings. The highest BCUT2D eigenvalue weighted by atomic mass is 32.2. The van der Waals surface area contributed by atoms with Gasteiger partial charge in [0.1, 0.15) is 0 Å². The van der Waals surface area contributed by atoms with Crippen LogP contribution in [0.3, 0.4) is 0 Å². The van der Waals surface area contributed by atoms with Gasteiger partial charge >= 0.3 is 6.18 Å². The van der Waals surface area contributed by atoms with Crippen molar-refractivity contribution in [3.05, 3.63) is 77.9 Å². The van der Waals surface area contributed by atoms with Gasteiger partial charge in [0.2, 0.25) is 0 Å².